The van der Waals surface area contributed by atoms with E-state index in [0.29, 0.717) is 32.0 Å². The van der Waals surface area contributed by atoms with Gasteiger partial charge in [0.15, 0.2) is 4.34 Å². The van der Waals surface area contributed by atoms with Gasteiger partial charge in [-0.1, -0.05) is 77.7 Å². The maximum absolute atomic E-state index is 13.4. The molecule has 0 saturated carbocycles. The molecule has 1 fully saturated rings. The number of aromatic nitrogens is 3. The number of benzene rings is 2. The Morgan fingerprint density at radius 3 is 2.69 bits per heavy atom. The minimum atomic E-state index is -0.959. The van der Waals surface area contributed by atoms with Crippen LogP contribution in [0.25, 0.3) is 5.76 Å². The molecule has 8 nitrogen and oxygen atoms in total. The standard InChI is InChI=1S/C28H21ClN4O4S2/c1-2-14-37-20-8-5-7-18(15-20)23-22(24(34)17-10-12-30-13-11-17)25(35)26(36)33(23)27-31-32-28(39-27)38-16-19-6-3-4-9-21(19)29/h2-13,15,23,34H,1,14,16H2/b24-22+. The van der Waals surface area contributed by atoms with Crippen molar-refractivity contribution in [1.82, 2.24) is 15.2 Å². The van der Waals surface area contributed by atoms with E-state index in [0.717, 1.165) is 5.56 Å². The second kappa shape index (κ2) is 11.8. The van der Waals surface area contributed by atoms with Gasteiger partial charge in [0.05, 0.1) is 11.6 Å². The van der Waals surface area contributed by atoms with E-state index in [2.05, 4.69) is 21.8 Å². The lowest BCUT2D eigenvalue weighted by molar-refractivity contribution is -0.132. The summed E-state index contributed by atoms with van der Waals surface area (Å²) in [7, 11) is 0. The highest BCUT2D eigenvalue weighted by Gasteiger charge is 2.48. The summed E-state index contributed by atoms with van der Waals surface area (Å²) in [6.45, 7) is 3.95. The molecule has 1 N–H and O–H groups in total. The van der Waals surface area contributed by atoms with Gasteiger partial charge in [0.25, 0.3) is 5.78 Å². The van der Waals surface area contributed by atoms with Crippen molar-refractivity contribution < 1.29 is 19.4 Å². The van der Waals surface area contributed by atoms with Gasteiger partial charge in [-0.25, -0.2) is 0 Å². The molecule has 3 heterocycles. The van der Waals surface area contributed by atoms with Gasteiger partial charge in [-0.05, 0) is 41.5 Å². The molecule has 0 radical (unpaired) electrons. The second-order valence-corrected chi connectivity index (χ2v) is 10.9. The third-order valence-electron chi connectivity index (χ3n) is 5.85. The fourth-order valence-electron chi connectivity index (χ4n) is 4.05. The van der Waals surface area contributed by atoms with Gasteiger partial charge in [0, 0.05) is 28.7 Å². The number of aliphatic hydroxyl groups excluding tert-OH is 1. The van der Waals surface area contributed by atoms with Gasteiger partial charge < -0.3 is 9.84 Å². The first-order chi connectivity index (χ1) is 19.0. The quantitative estimate of drug-likeness (QED) is 0.0639. The zero-order valence-corrected chi connectivity index (χ0v) is 22.7. The van der Waals surface area contributed by atoms with Gasteiger partial charge in [-0.15, -0.1) is 10.2 Å². The number of thioether (sulfide) groups is 1. The van der Waals surface area contributed by atoms with Crippen molar-refractivity contribution in [2.24, 2.45) is 0 Å². The zero-order chi connectivity index (χ0) is 27.4. The smallest absolute Gasteiger partial charge is 0.301 e. The summed E-state index contributed by atoms with van der Waals surface area (Å²) in [6.07, 6.45) is 4.61. The number of hydrogen-bond donors (Lipinski definition) is 1. The van der Waals surface area contributed by atoms with E-state index in [1.165, 1.54) is 40.4 Å². The monoisotopic (exact) mass is 576 g/mol. The number of nitrogens with zero attached hydrogens (tertiary/aromatic N) is 4. The summed E-state index contributed by atoms with van der Waals surface area (Å²) in [5.74, 6) is -0.867. The van der Waals surface area contributed by atoms with E-state index < -0.39 is 17.7 Å². The molecular formula is C28H21ClN4O4S2. The van der Waals surface area contributed by atoms with Crippen LogP contribution in [0.2, 0.25) is 5.02 Å². The minimum absolute atomic E-state index is 0.0625. The molecule has 1 amide bonds. The molecule has 1 saturated heterocycles. The van der Waals surface area contributed by atoms with E-state index in [9.17, 15) is 14.7 Å². The molecule has 1 unspecified atom stereocenters. The van der Waals surface area contributed by atoms with Gasteiger partial charge >= 0.3 is 5.91 Å². The van der Waals surface area contributed by atoms with Crippen LogP contribution in [-0.2, 0) is 15.3 Å². The highest BCUT2D eigenvalue weighted by atomic mass is 35.5. The second-order valence-electron chi connectivity index (χ2n) is 8.31. The van der Waals surface area contributed by atoms with Gasteiger partial charge in [-0.3, -0.25) is 19.5 Å². The lowest BCUT2D eigenvalue weighted by Crippen LogP contribution is -2.29. The van der Waals surface area contributed by atoms with E-state index >= 15 is 0 Å². The minimum Gasteiger partial charge on any atom is -0.507 e. The zero-order valence-electron chi connectivity index (χ0n) is 20.4. The van der Waals surface area contributed by atoms with E-state index in [-0.39, 0.29) is 23.1 Å². The van der Waals surface area contributed by atoms with Gasteiger partial charge in [0.1, 0.15) is 18.1 Å². The molecule has 4 aromatic rings. The Balaban J connectivity index is 1.55. The van der Waals surface area contributed by atoms with E-state index in [1.54, 1.807) is 42.5 Å². The van der Waals surface area contributed by atoms with Crippen LogP contribution in [-0.4, -0.2) is 38.6 Å². The van der Waals surface area contributed by atoms with Crippen LogP contribution in [0.1, 0.15) is 22.7 Å². The molecule has 2 aromatic carbocycles. The maximum atomic E-state index is 13.4. The largest absolute Gasteiger partial charge is 0.507 e. The summed E-state index contributed by atoms with van der Waals surface area (Å²) in [5.41, 5.74) is 1.80. The number of Topliss-reactive ketones (excluding diaryl/α,β-unsaturated/α-hetero) is 1. The number of hydrogen-bond acceptors (Lipinski definition) is 9. The van der Waals surface area contributed by atoms with Crippen molar-refractivity contribution in [3.8, 4) is 5.75 Å². The van der Waals surface area contributed by atoms with Crippen molar-refractivity contribution in [2.45, 2.75) is 16.1 Å². The SMILES string of the molecule is C=CCOc1cccc(C2/C(=C(\O)c3ccncc3)C(=O)C(=O)N2c2nnc(SCc3ccccc3Cl)s2)c1. The molecule has 11 heteroatoms. The first-order valence-corrected chi connectivity index (χ1v) is 13.9. The number of pyridine rings is 1. The normalized spacial score (nSPS) is 16.4. The third-order valence-corrected chi connectivity index (χ3v) is 8.32. The van der Waals surface area contributed by atoms with Crippen LogP contribution in [0.4, 0.5) is 5.13 Å². The summed E-state index contributed by atoms with van der Waals surface area (Å²) in [6, 6.07) is 16.7. The number of amides is 1. The Morgan fingerprint density at radius 1 is 1.13 bits per heavy atom. The molecule has 1 aliphatic rings. The first-order valence-electron chi connectivity index (χ1n) is 11.7. The number of carbonyl (C=O) groups excluding carboxylic acids is 2. The molecule has 0 aliphatic carbocycles. The predicted molar refractivity (Wildman–Crippen MR) is 152 cm³/mol. The molecular weight excluding hydrogens is 556 g/mol. The van der Waals surface area contributed by atoms with Crippen LogP contribution in [0.5, 0.6) is 5.75 Å². The van der Waals surface area contributed by atoms with Crippen molar-refractivity contribution in [3.63, 3.8) is 0 Å². The summed E-state index contributed by atoms with van der Waals surface area (Å²) < 4.78 is 6.29. The van der Waals surface area contributed by atoms with Crippen molar-refractivity contribution in [2.75, 3.05) is 11.5 Å². The molecule has 0 spiro atoms. The Morgan fingerprint density at radius 2 is 1.92 bits per heavy atom. The fraction of sp³-hybridized carbons (Fsp3) is 0.107. The predicted octanol–water partition coefficient (Wildman–Crippen LogP) is 6.07. The lowest BCUT2D eigenvalue weighted by atomic mass is 9.95. The molecule has 39 heavy (non-hydrogen) atoms. The Bertz CT molecular complexity index is 1570. The van der Waals surface area contributed by atoms with Gasteiger partial charge in [0.2, 0.25) is 5.13 Å². The molecule has 1 aliphatic heterocycles. The average molecular weight is 577 g/mol. The van der Waals surface area contributed by atoms with Crippen LogP contribution in [0.3, 0.4) is 0 Å². The third kappa shape index (κ3) is 5.58. The summed E-state index contributed by atoms with van der Waals surface area (Å²) in [4.78, 5) is 32.0. The van der Waals surface area contributed by atoms with Crippen LogP contribution >= 0.6 is 34.7 Å². The highest BCUT2D eigenvalue weighted by Crippen LogP contribution is 2.44. The number of carbonyl (C=O) groups is 2. The van der Waals surface area contributed by atoms with Crippen molar-refractivity contribution >= 4 is 57.3 Å². The van der Waals surface area contributed by atoms with Crippen LogP contribution in [0.15, 0.2) is 95.6 Å². The number of ether oxygens (including phenoxy) is 1. The maximum Gasteiger partial charge on any atom is 0.301 e. The van der Waals surface area contributed by atoms with Crippen LogP contribution < -0.4 is 9.64 Å². The van der Waals surface area contributed by atoms with Crippen LogP contribution in [0, 0.1) is 0 Å². The Labute approximate surface area is 237 Å². The number of ketones is 1. The molecule has 2 aromatic heterocycles. The average Bonchev–Trinajstić information content (AvgIpc) is 3.53. The van der Waals surface area contributed by atoms with E-state index in [1.807, 2.05) is 24.3 Å². The summed E-state index contributed by atoms with van der Waals surface area (Å²) in [5, 5.41) is 20.6. The highest BCUT2D eigenvalue weighted by molar-refractivity contribution is 8.00. The lowest BCUT2D eigenvalue weighted by Gasteiger charge is -2.23. The molecule has 196 valence electrons. The molecule has 5 rings (SSSR count). The first kappa shape index (κ1) is 26.6. The van der Waals surface area contributed by atoms with Crippen molar-refractivity contribution in [1.29, 1.82) is 0 Å². The summed E-state index contributed by atoms with van der Waals surface area (Å²) >= 11 is 8.88. The number of halogens is 1. The number of aliphatic hydroxyl groups is 1. The number of anilines is 1. The fourth-order valence-corrected chi connectivity index (χ4v) is 6.21. The van der Waals surface area contributed by atoms with Crippen molar-refractivity contribution in [3.05, 3.63) is 113 Å². The molecule has 1 atom stereocenters. The Kier molecular flexibility index (Phi) is 8.06. The molecule has 0 bridgehead atoms. The number of rotatable bonds is 9. The Hall–Kier alpha value is -3.99. The topological polar surface area (TPSA) is 106 Å². The van der Waals surface area contributed by atoms with E-state index in [4.69, 9.17) is 16.3 Å². The van der Waals surface area contributed by atoms with Gasteiger partial charge in [-0.2, -0.15) is 0 Å².